The first-order valence-corrected chi connectivity index (χ1v) is 6.77. The van der Waals surface area contributed by atoms with Gasteiger partial charge in [0.2, 0.25) is 5.91 Å². The zero-order valence-corrected chi connectivity index (χ0v) is 13.0. The second-order valence-corrected chi connectivity index (χ2v) is 5.47. The van der Waals surface area contributed by atoms with Crippen LogP contribution in [-0.4, -0.2) is 36.5 Å². The molecule has 1 fully saturated rings. The first-order valence-electron chi connectivity index (χ1n) is 6.01. The van der Waals surface area contributed by atoms with Gasteiger partial charge in [0.25, 0.3) is 0 Å². The molecule has 0 aromatic heterocycles. The van der Waals surface area contributed by atoms with E-state index in [9.17, 15) is 4.79 Å². The average molecular weight is 324 g/mol. The van der Waals surface area contributed by atoms with E-state index >= 15 is 0 Å². The second kappa shape index (κ2) is 7.34. The predicted molar refractivity (Wildman–Crippen MR) is 81.5 cm³/mol. The Morgan fingerprint density at radius 3 is 2.58 bits per heavy atom. The van der Waals surface area contributed by atoms with E-state index in [-0.39, 0.29) is 24.4 Å². The average Bonchev–Trinajstić information content (AvgIpc) is 2.27. The molecule has 1 aliphatic heterocycles. The summed E-state index contributed by atoms with van der Waals surface area (Å²) in [4.78, 5) is 14.1. The van der Waals surface area contributed by atoms with Gasteiger partial charge in [-0.3, -0.25) is 4.79 Å². The van der Waals surface area contributed by atoms with E-state index < -0.39 is 0 Å². The summed E-state index contributed by atoms with van der Waals surface area (Å²) in [5.41, 5.74) is 0.864. The number of halogens is 3. The largest absolute Gasteiger partial charge is 0.337 e. The normalized spacial score (nSPS) is 18.9. The molecule has 1 unspecified atom stereocenters. The number of nitrogens with one attached hydrogen (secondary N) is 1. The Morgan fingerprint density at radius 2 is 2.00 bits per heavy atom. The highest BCUT2D eigenvalue weighted by Gasteiger charge is 2.22. The molecule has 3 nitrogen and oxygen atoms in total. The zero-order chi connectivity index (χ0) is 13.1. The standard InChI is InChI=1S/C13H16Cl2N2O.ClH/c1-9-8-16-2-3-17(9)13(18)6-10-4-11(14)7-12(15)5-10;/h4-5,7,9,16H,2-3,6,8H2,1H3;1H. The highest BCUT2D eigenvalue weighted by Crippen LogP contribution is 2.20. The third kappa shape index (κ3) is 4.53. The molecule has 1 amide bonds. The molecule has 6 heteroatoms. The Hall–Kier alpha value is -0.480. The summed E-state index contributed by atoms with van der Waals surface area (Å²) in [7, 11) is 0. The first kappa shape index (κ1) is 16.6. The van der Waals surface area contributed by atoms with Crippen LogP contribution in [0.25, 0.3) is 0 Å². The fraction of sp³-hybridized carbons (Fsp3) is 0.462. The number of rotatable bonds is 2. The van der Waals surface area contributed by atoms with E-state index in [1.165, 1.54) is 0 Å². The summed E-state index contributed by atoms with van der Waals surface area (Å²) in [6.45, 7) is 4.51. The monoisotopic (exact) mass is 322 g/mol. The first-order chi connectivity index (χ1) is 8.56. The van der Waals surface area contributed by atoms with Gasteiger partial charge in [-0.15, -0.1) is 12.4 Å². The molecule has 106 valence electrons. The number of piperazine rings is 1. The highest BCUT2D eigenvalue weighted by molar-refractivity contribution is 6.34. The van der Waals surface area contributed by atoms with Crippen LogP contribution in [0.5, 0.6) is 0 Å². The molecule has 0 aliphatic carbocycles. The van der Waals surface area contributed by atoms with Crippen molar-refractivity contribution in [2.24, 2.45) is 0 Å². The van der Waals surface area contributed by atoms with Crippen molar-refractivity contribution in [1.29, 1.82) is 0 Å². The maximum absolute atomic E-state index is 12.2. The minimum atomic E-state index is 0. The Bertz CT molecular complexity index is 433. The Kier molecular flexibility index (Phi) is 6.40. The fourth-order valence-corrected chi connectivity index (χ4v) is 2.77. The topological polar surface area (TPSA) is 32.3 Å². The number of carbonyl (C=O) groups is 1. The molecule has 0 bridgehead atoms. The van der Waals surface area contributed by atoms with Crippen molar-refractivity contribution in [3.8, 4) is 0 Å². The predicted octanol–water partition coefficient (Wildman–Crippen LogP) is 2.78. The summed E-state index contributed by atoms with van der Waals surface area (Å²) < 4.78 is 0. The zero-order valence-electron chi connectivity index (χ0n) is 10.7. The smallest absolute Gasteiger partial charge is 0.227 e. The number of carbonyl (C=O) groups excluding carboxylic acids is 1. The molecule has 1 saturated heterocycles. The molecule has 0 saturated carbocycles. The van der Waals surface area contributed by atoms with Crippen molar-refractivity contribution in [1.82, 2.24) is 10.2 Å². The van der Waals surface area contributed by atoms with Crippen molar-refractivity contribution in [3.05, 3.63) is 33.8 Å². The van der Waals surface area contributed by atoms with E-state index in [0.29, 0.717) is 16.5 Å². The molecule has 1 aromatic carbocycles. The lowest BCUT2D eigenvalue weighted by Gasteiger charge is -2.34. The number of benzene rings is 1. The van der Waals surface area contributed by atoms with Crippen molar-refractivity contribution < 1.29 is 4.79 Å². The Labute approximate surface area is 129 Å². The molecule has 0 spiro atoms. The maximum atomic E-state index is 12.2. The van der Waals surface area contributed by atoms with Gasteiger partial charge in [-0.25, -0.2) is 0 Å². The van der Waals surface area contributed by atoms with Gasteiger partial charge in [0, 0.05) is 35.7 Å². The Balaban J connectivity index is 0.00000180. The van der Waals surface area contributed by atoms with Crippen LogP contribution in [0, 0.1) is 0 Å². The second-order valence-electron chi connectivity index (χ2n) is 4.59. The molecule has 0 radical (unpaired) electrons. The lowest BCUT2D eigenvalue weighted by Crippen LogP contribution is -2.52. The molecule has 1 heterocycles. The van der Waals surface area contributed by atoms with Gasteiger partial charge in [-0.1, -0.05) is 23.2 Å². The van der Waals surface area contributed by atoms with Crippen LogP contribution in [0.3, 0.4) is 0 Å². The van der Waals surface area contributed by atoms with Crippen LogP contribution in [0.15, 0.2) is 18.2 Å². The fourth-order valence-electron chi connectivity index (χ4n) is 2.20. The van der Waals surface area contributed by atoms with Crippen molar-refractivity contribution in [2.75, 3.05) is 19.6 Å². The van der Waals surface area contributed by atoms with Gasteiger partial charge >= 0.3 is 0 Å². The van der Waals surface area contributed by atoms with E-state index in [1.807, 2.05) is 4.90 Å². The molecule has 1 aliphatic rings. The van der Waals surface area contributed by atoms with Gasteiger partial charge < -0.3 is 10.2 Å². The van der Waals surface area contributed by atoms with E-state index in [0.717, 1.165) is 25.2 Å². The molecule has 1 aromatic rings. The number of hydrogen-bond acceptors (Lipinski definition) is 2. The highest BCUT2D eigenvalue weighted by atomic mass is 35.5. The van der Waals surface area contributed by atoms with E-state index in [2.05, 4.69) is 12.2 Å². The van der Waals surface area contributed by atoms with Crippen LogP contribution in [0.2, 0.25) is 10.0 Å². The molecular formula is C13H17Cl3N2O. The van der Waals surface area contributed by atoms with Crippen LogP contribution < -0.4 is 5.32 Å². The van der Waals surface area contributed by atoms with Crippen molar-refractivity contribution >= 4 is 41.5 Å². The summed E-state index contributed by atoms with van der Waals surface area (Å²) in [6, 6.07) is 5.49. The number of nitrogens with zero attached hydrogens (tertiary/aromatic N) is 1. The third-order valence-corrected chi connectivity index (χ3v) is 3.54. The van der Waals surface area contributed by atoms with Gasteiger partial charge in [0.1, 0.15) is 0 Å². The summed E-state index contributed by atoms with van der Waals surface area (Å²) in [5.74, 6) is 0.127. The number of amides is 1. The van der Waals surface area contributed by atoms with E-state index in [1.54, 1.807) is 18.2 Å². The number of hydrogen-bond donors (Lipinski definition) is 1. The summed E-state index contributed by atoms with van der Waals surface area (Å²) >= 11 is 11.9. The SMILES string of the molecule is CC1CNCCN1C(=O)Cc1cc(Cl)cc(Cl)c1.Cl. The van der Waals surface area contributed by atoms with Crippen molar-refractivity contribution in [2.45, 2.75) is 19.4 Å². The third-order valence-electron chi connectivity index (χ3n) is 3.10. The molecular weight excluding hydrogens is 307 g/mol. The van der Waals surface area contributed by atoms with Gasteiger partial charge in [0.15, 0.2) is 0 Å². The van der Waals surface area contributed by atoms with Gasteiger partial charge in [-0.05, 0) is 30.7 Å². The molecule has 1 atom stereocenters. The van der Waals surface area contributed by atoms with Gasteiger partial charge in [-0.2, -0.15) is 0 Å². The van der Waals surface area contributed by atoms with Crippen LogP contribution in [0.4, 0.5) is 0 Å². The van der Waals surface area contributed by atoms with Gasteiger partial charge in [0.05, 0.1) is 6.42 Å². The Morgan fingerprint density at radius 1 is 1.37 bits per heavy atom. The summed E-state index contributed by atoms with van der Waals surface area (Å²) in [6.07, 6.45) is 0.352. The van der Waals surface area contributed by atoms with Crippen LogP contribution >= 0.6 is 35.6 Å². The van der Waals surface area contributed by atoms with Crippen LogP contribution in [0.1, 0.15) is 12.5 Å². The van der Waals surface area contributed by atoms with E-state index in [4.69, 9.17) is 23.2 Å². The lowest BCUT2D eigenvalue weighted by atomic mass is 10.1. The summed E-state index contributed by atoms with van der Waals surface area (Å²) in [5, 5.41) is 4.40. The molecule has 1 N–H and O–H groups in total. The molecule has 2 rings (SSSR count). The van der Waals surface area contributed by atoms with Crippen molar-refractivity contribution in [3.63, 3.8) is 0 Å². The lowest BCUT2D eigenvalue weighted by molar-refractivity contribution is -0.133. The quantitative estimate of drug-likeness (QED) is 0.907. The minimum absolute atomic E-state index is 0. The maximum Gasteiger partial charge on any atom is 0.227 e. The minimum Gasteiger partial charge on any atom is -0.337 e. The molecule has 19 heavy (non-hydrogen) atoms. The van der Waals surface area contributed by atoms with Crippen LogP contribution in [-0.2, 0) is 11.2 Å².